The van der Waals surface area contributed by atoms with Crippen molar-refractivity contribution in [3.05, 3.63) is 52.2 Å². The van der Waals surface area contributed by atoms with Gasteiger partial charge in [0.25, 0.3) is 0 Å². The summed E-state index contributed by atoms with van der Waals surface area (Å²) >= 11 is 0. The molecule has 25 heavy (non-hydrogen) atoms. The van der Waals surface area contributed by atoms with E-state index in [-0.39, 0.29) is 24.2 Å². The first-order chi connectivity index (χ1) is 12.2. The van der Waals surface area contributed by atoms with Gasteiger partial charge in [-0.3, -0.25) is 9.36 Å². The highest BCUT2D eigenvalue weighted by Crippen LogP contribution is 2.40. The third kappa shape index (κ3) is 3.52. The van der Waals surface area contributed by atoms with E-state index < -0.39 is 0 Å². The quantitative estimate of drug-likeness (QED) is 0.905. The lowest BCUT2D eigenvalue weighted by atomic mass is 10.0. The first-order valence-electron chi connectivity index (χ1n) is 9.23. The fraction of sp³-hybridized carbons (Fsp3) is 0.526. The minimum absolute atomic E-state index is 0.00507. The lowest BCUT2D eigenvalue weighted by molar-refractivity contribution is -0.122. The molecule has 1 unspecified atom stereocenters. The van der Waals surface area contributed by atoms with Crippen LogP contribution in [0.5, 0.6) is 0 Å². The Morgan fingerprint density at radius 1 is 1.20 bits per heavy atom. The van der Waals surface area contributed by atoms with Gasteiger partial charge in [0.2, 0.25) is 5.91 Å². The normalized spacial score (nSPS) is 18.2. The molecule has 0 saturated heterocycles. The standard InChI is InChI=1S/C19H24N4O2/c24-17(20-18(15-10-11-15)14-7-3-1-4-8-14)13-23-19(25)22-12-6-2-5-9-16(22)21-23/h1,3-4,7-8,15,18H,2,5-6,9-13H2,(H,20,24). The molecule has 2 heterocycles. The number of hydrogen-bond donors (Lipinski definition) is 1. The van der Waals surface area contributed by atoms with E-state index in [1.165, 1.54) is 4.68 Å². The number of carbonyl (C=O) groups excluding carboxylic acids is 1. The number of nitrogens with one attached hydrogen (secondary N) is 1. The average Bonchev–Trinajstić information content (AvgIpc) is 3.44. The summed E-state index contributed by atoms with van der Waals surface area (Å²) in [5.74, 6) is 1.18. The monoisotopic (exact) mass is 340 g/mol. The summed E-state index contributed by atoms with van der Waals surface area (Å²) in [6.45, 7) is 0.708. The van der Waals surface area contributed by atoms with Crippen LogP contribution in [-0.4, -0.2) is 20.3 Å². The van der Waals surface area contributed by atoms with Crippen LogP contribution >= 0.6 is 0 Å². The number of carbonyl (C=O) groups is 1. The van der Waals surface area contributed by atoms with Crippen LogP contribution in [0, 0.1) is 5.92 Å². The Morgan fingerprint density at radius 2 is 2.00 bits per heavy atom. The zero-order chi connectivity index (χ0) is 17.2. The number of rotatable bonds is 5. The van der Waals surface area contributed by atoms with Gasteiger partial charge in [0.15, 0.2) is 0 Å². The highest BCUT2D eigenvalue weighted by molar-refractivity contribution is 5.76. The third-order valence-electron chi connectivity index (χ3n) is 5.14. The molecular formula is C19H24N4O2. The minimum atomic E-state index is -0.158. The molecule has 1 amide bonds. The summed E-state index contributed by atoms with van der Waals surface area (Å²) in [7, 11) is 0. The molecule has 1 aromatic carbocycles. The Labute approximate surface area is 146 Å². The molecule has 0 spiro atoms. The van der Waals surface area contributed by atoms with Gasteiger partial charge in [0.1, 0.15) is 12.4 Å². The predicted octanol–water partition coefficient (Wildman–Crippen LogP) is 2.04. The summed E-state index contributed by atoms with van der Waals surface area (Å²) in [6, 6.07) is 10.1. The lowest BCUT2D eigenvalue weighted by Crippen LogP contribution is -2.36. The van der Waals surface area contributed by atoms with Crippen molar-refractivity contribution in [2.24, 2.45) is 5.92 Å². The van der Waals surface area contributed by atoms with Crippen molar-refractivity contribution in [3.63, 3.8) is 0 Å². The van der Waals surface area contributed by atoms with E-state index >= 15 is 0 Å². The molecule has 6 heteroatoms. The van der Waals surface area contributed by atoms with E-state index in [1.54, 1.807) is 4.57 Å². The molecule has 132 valence electrons. The maximum Gasteiger partial charge on any atom is 0.346 e. The largest absolute Gasteiger partial charge is 0.347 e. The Morgan fingerprint density at radius 3 is 2.76 bits per heavy atom. The SMILES string of the molecule is O=C(Cn1nc2n(c1=O)CCCCC2)NC(c1ccccc1)C1CC1. The van der Waals surface area contributed by atoms with E-state index in [9.17, 15) is 9.59 Å². The Bertz CT molecular complexity index is 805. The van der Waals surface area contributed by atoms with Gasteiger partial charge in [-0.2, -0.15) is 5.10 Å². The van der Waals surface area contributed by atoms with Gasteiger partial charge in [0.05, 0.1) is 6.04 Å². The molecule has 2 aliphatic rings. The van der Waals surface area contributed by atoms with E-state index in [0.29, 0.717) is 12.5 Å². The Balaban J connectivity index is 1.48. The van der Waals surface area contributed by atoms with Crippen LogP contribution in [0.25, 0.3) is 0 Å². The number of aryl methyl sites for hydroxylation is 1. The van der Waals surface area contributed by atoms with Gasteiger partial charge in [-0.25, -0.2) is 9.48 Å². The van der Waals surface area contributed by atoms with Crippen molar-refractivity contribution in [2.45, 2.75) is 57.7 Å². The molecule has 0 bridgehead atoms. The first-order valence-corrected chi connectivity index (χ1v) is 9.23. The van der Waals surface area contributed by atoms with Crippen LogP contribution in [0.4, 0.5) is 0 Å². The second-order valence-electron chi connectivity index (χ2n) is 7.11. The second kappa shape index (κ2) is 6.86. The van der Waals surface area contributed by atoms with E-state index in [2.05, 4.69) is 10.4 Å². The van der Waals surface area contributed by atoms with Gasteiger partial charge in [-0.05, 0) is 37.2 Å². The summed E-state index contributed by atoms with van der Waals surface area (Å²) in [6.07, 6.45) is 6.28. The topological polar surface area (TPSA) is 68.9 Å². The Hall–Kier alpha value is -2.37. The predicted molar refractivity (Wildman–Crippen MR) is 94.1 cm³/mol. The van der Waals surface area contributed by atoms with Crippen molar-refractivity contribution < 1.29 is 4.79 Å². The number of hydrogen-bond acceptors (Lipinski definition) is 3. The van der Waals surface area contributed by atoms with E-state index in [4.69, 9.17) is 0 Å². The van der Waals surface area contributed by atoms with Crippen molar-refractivity contribution in [1.82, 2.24) is 19.7 Å². The lowest BCUT2D eigenvalue weighted by Gasteiger charge is -2.18. The summed E-state index contributed by atoms with van der Waals surface area (Å²) in [5.41, 5.74) is 0.973. The van der Waals surface area contributed by atoms with Crippen LogP contribution < -0.4 is 11.0 Å². The van der Waals surface area contributed by atoms with E-state index in [0.717, 1.165) is 49.9 Å². The van der Waals surface area contributed by atoms with Crippen molar-refractivity contribution in [1.29, 1.82) is 0 Å². The van der Waals surface area contributed by atoms with Crippen molar-refractivity contribution >= 4 is 5.91 Å². The van der Waals surface area contributed by atoms with Crippen LogP contribution in [-0.2, 0) is 24.3 Å². The summed E-state index contributed by atoms with van der Waals surface area (Å²) < 4.78 is 3.06. The molecule has 0 radical (unpaired) electrons. The fourth-order valence-electron chi connectivity index (χ4n) is 3.65. The molecule has 1 aliphatic carbocycles. The molecule has 6 nitrogen and oxygen atoms in total. The third-order valence-corrected chi connectivity index (χ3v) is 5.14. The number of aromatic nitrogens is 3. The summed E-state index contributed by atoms with van der Waals surface area (Å²) in [4.78, 5) is 25.0. The molecule has 1 saturated carbocycles. The minimum Gasteiger partial charge on any atom is -0.347 e. The van der Waals surface area contributed by atoms with Gasteiger partial charge in [0, 0.05) is 13.0 Å². The molecule has 4 rings (SSSR count). The fourth-order valence-corrected chi connectivity index (χ4v) is 3.65. The first kappa shape index (κ1) is 16.1. The van der Waals surface area contributed by atoms with Crippen molar-refractivity contribution in [3.8, 4) is 0 Å². The molecular weight excluding hydrogens is 316 g/mol. The molecule has 1 fully saturated rings. The summed E-state index contributed by atoms with van der Waals surface area (Å²) in [5, 5.41) is 7.51. The van der Waals surface area contributed by atoms with Crippen LogP contribution in [0.3, 0.4) is 0 Å². The number of nitrogens with zero attached hydrogens (tertiary/aromatic N) is 3. The van der Waals surface area contributed by atoms with Gasteiger partial charge in [-0.15, -0.1) is 0 Å². The van der Waals surface area contributed by atoms with E-state index in [1.807, 2.05) is 30.3 Å². The molecule has 1 N–H and O–H groups in total. The maximum atomic E-state index is 12.5. The molecule has 1 atom stereocenters. The number of fused-ring (bicyclic) bond motifs is 1. The molecule has 2 aromatic rings. The zero-order valence-electron chi connectivity index (χ0n) is 14.4. The van der Waals surface area contributed by atoms with Crippen molar-refractivity contribution in [2.75, 3.05) is 0 Å². The highest BCUT2D eigenvalue weighted by Gasteiger charge is 2.33. The zero-order valence-corrected chi connectivity index (χ0v) is 14.4. The number of amides is 1. The molecule has 1 aromatic heterocycles. The average molecular weight is 340 g/mol. The second-order valence-corrected chi connectivity index (χ2v) is 7.11. The van der Waals surface area contributed by atoms with Crippen LogP contribution in [0.2, 0.25) is 0 Å². The van der Waals surface area contributed by atoms with Gasteiger partial charge >= 0.3 is 5.69 Å². The number of benzene rings is 1. The molecule has 1 aliphatic heterocycles. The smallest absolute Gasteiger partial charge is 0.346 e. The Kier molecular flexibility index (Phi) is 4.42. The highest BCUT2D eigenvalue weighted by atomic mass is 16.2. The van der Waals surface area contributed by atoms with Crippen LogP contribution in [0.15, 0.2) is 35.1 Å². The van der Waals surface area contributed by atoms with Crippen LogP contribution in [0.1, 0.15) is 49.5 Å². The van der Waals surface area contributed by atoms with Gasteiger partial charge in [-0.1, -0.05) is 36.8 Å². The van der Waals surface area contributed by atoms with Gasteiger partial charge < -0.3 is 5.32 Å². The maximum absolute atomic E-state index is 12.5.